The summed E-state index contributed by atoms with van der Waals surface area (Å²) < 4.78 is 10.8. The van der Waals surface area contributed by atoms with Crippen LogP contribution in [0.25, 0.3) is 11.3 Å². The van der Waals surface area contributed by atoms with Gasteiger partial charge in [0, 0.05) is 11.6 Å². The van der Waals surface area contributed by atoms with Gasteiger partial charge in [0.05, 0.1) is 11.4 Å². The summed E-state index contributed by atoms with van der Waals surface area (Å²) in [4.78, 5) is 12.5. The number of urea groups is 1. The lowest BCUT2D eigenvalue weighted by Crippen LogP contribution is -2.39. The first-order valence-electron chi connectivity index (χ1n) is 9.29. The van der Waals surface area contributed by atoms with Crippen LogP contribution in [0, 0.1) is 0 Å². The summed E-state index contributed by atoms with van der Waals surface area (Å²) in [6.07, 6.45) is 6.47. The first-order chi connectivity index (χ1) is 12.7. The van der Waals surface area contributed by atoms with Crippen LogP contribution in [-0.4, -0.2) is 29.1 Å². The Balaban J connectivity index is 1.55. The Morgan fingerprint density at radius 2 is 2.04 bits per heavy atom. The van der Waals surface area contributed by atoms with Gasteiger partial charge in [-0.15, -0.1) is 0 Å². The molecule has 1 aromatic heterocycles. The Kier molecular flexibility index (Phi) is 4.69. The largest absolute Gasteiger partial charge is 0.454 e. The number of carbonyl (C=O) groups is 1. The maximum atomic E-state index is 12.5. The lowest BCUT2D eigenvalue weighted by atomic mass is 9.96. The Morgan fingerprint density at radius 1 is 1.23 bits per heavy atom. The van der Waals surface area contributed by atoms with E-state index in [2.05, 4.69) is 20.8 Å². The van der Waals surface area contributed by atoms with Crippen LogP contribution < -0.4 is 20.1 Å². The molecule has 2 aliphatic rings. The molecule has 4 rings (SSSR count). The Bertz CT molecular complexity index is 796. The molecule has 0 atom stereocenters. The van der Waals surface area contributed by atoms with E-state index in [1.54, 1.807) is 0 Å². The van der Waals surface area contributed by atoms with Crippen LogP contribution in [0.4, 0.5) is 10.5 Å². The number of carbonyl (C=O) groups excluding carboxylic acids is 1. The summed E-state index contributed by atoms with van der Waals surface area (Å²) in [5.41, 5.74) is 3.20. The summed E-state index contributed by atoms with van der Waals surface area (Å²) in [7, 11) is 0. The summed E-state index contributed by atoms with van der Waals surface area (Å²) in [5.74, 6) is 1.42. The van der Waals surface area contributed by atoms with E-state index >= 15 is 0 Å². The summed E-state index contributed by atoms with van der Waals surface area (Å²) in [6.45, 7) is 2.26. The molecule has 0 saturated heterocycles. The van der Waals surface area contributed by atoms with Gasteiger partial charge in [0.15, 0.2) is 11.5 Å². The third kappa shape index (κ3) is 3.34. The number of aromatic amines is 1. The molecule has 1 aromatic carbocycles. The molecule has 1 fully saturated rings. The van der Waals surface area contributed by atoms with Gasteiger partial charge < -0.3 is 20.1 Å². The lowest BCUT2D eigenvalue weighted by molar-refractivity contribution is 0.174. The van der Waals surface area contributed by atoms with Crippen LogP contribution in [0.15, 0.2) is 18.2 Å². The number of anilines is 1. The van der Waals surface area contributed by atoms with Gasteiger partial charge in [-0.2, -0.15) is 5.10 Å². The molecule has 7 heteroatoms. The molecule has 7 nitrogen and oxygen atoms in total. The highest BCUT2D eigenvalue weighted by Crippen LogP contribution is 2.38. The second-order valence-electron chi connectivity index (χ2n) is 6.78. The maximum Gasteiger partial charge on any atom is 0.319 e. The molecule has 1 aliphatic carbocycles. The van der Waals surface area contributed by atoms with Gasteiger partial charge in [0.25, 0.3) is 0 Å². The normalized spacial score (nSPS) is 16.5. The van der Waals surface area contributed by atoms with Gasteiger partial charge >= 0.3 is 6.03 Å². The second kappa shape index (κ2) is 7.27. The highest BCUT2D eigenvalue weighted by Gasteiger charge is 2.21. The average molecular weight is 356 g/mol. The smallest absolute Gasteiger partial charge is 0.319 e. The lowest BCUT2D eigenvalue weighted by Gasteiger charge is -2.23. The topological polar surface area (TPSA) is 88.3 Å². The molecular formula is C19H24N4O3. The van der Waals surface area contributed by atoms with E-state index < -0.39 is 0 Å². The molecule has 3 N–H and O–H groups in total. The number of amides is 2. The molecule has 2 aromatic rings. The number of benzene rings is 1. The zero-order chi connectivity index (χ0) is 17.9. The third-order valence-electron chi connectivity index (χ3n) is 5.02. The minimum atomic E-state index is -0.171. The van der Waals surface area contributed by atoms with Gasteiger partial charge in [0.2, 0.25) is 6.79 Å². The van der Waals surface area contributed by atoms with Crippen molar-refractivity contribution in [2.75, 3.05) is 12.1 Å². The zero-order valence-electron chi connectivity index (χ0n) is 14.9. The predicted octanol–water partition coefficient (Wildman–Crippen LogP) is 3.82. The molecule has 2 heterocycles. The van der Waals surface area contributed by atoms with E-state index in [9.17, 15) is 4.79 Å². The Morgan fingerprint density at radius 3 is 2.85 bits per heavy atom. The average Bonchev–Trinajstić information content (AvgIpc) is 3.28. The van der Waals surface area contributed by atoms with Crippen molar-refractivity contribution in [3.63, 3.8) is 0 Å². The van der Waals surface area contributed by atoms with Crippen molar-refractivity contribution >= 4 is 11.7 Å². The minimum Gasteiger partial charge on any atom is -0.454 e. The van der Waals surface area contributed by atoms with E-state index in [1.807, 2.05) is 25.1 Å². The first-order valence-corrected chi connectivity index (χ1v) is 9.29. The van der Waals surface area contributed by atoms with E-state index in [1.165, 1.54) is 19.3 Å². The molecular weight excluding hydrogens is 332 g/mol. The Hall–Kier alpha value is -2.70. The van der Waals surface area contributed by atoms with Gasteiger partial charge in [-0.3, -0.25) is 5.10 Å². The number of fused-ring (bicyclic) bond motifs is 1. The SMILES string of the molecule is CCc1[nH]nc(-c2ccc3c(c2)OCO3)c1NC(=O)NC1CCCCC1. The highest BCUT2D eigenvalue weighted by molar-refractivity contribution is 5.94. The highest BCUT2D eigenvalue weighted by atomic mass is 16.7. The second-order valence-corrected chi connectivity index (χ2v) is 6.78. The van der Waals surface area contributed by atoms with Crippen LogP contribution in [0.5, 0.6) is 11.5 Å². The van der Waals surface area contributed by atoms with Crippen molar-refractivity contribution in [2.45, 2.75) is 51.5 Å². The molecule has 1 aliphatic heterocycles. The minimum absolute atomic E-state index is 0.171. The molecule has 2 amide bonds. The van der Waals surface area contributed by atoms with Crippen molar-refractivity contribution in [2.24, 2.45) is 0 Å². The van der Waals surface area contributed by atoms with Crippen molar-refractivity contribution in [3.8, 4) is 22.8 Å². The number of H-pyrrole nitrogens is 1. The monoisotopic (exact) mass is 356 g/mol. The number of hydrogen-bond donors (Lipinski definition) is 3. The summed E-state index contributed by atoms with van der Waals surface area (Å²) >= 11 is 0. The number of hydrogen-bond acceptors (Lipinski definition) is 4. The zero-order valence-corrected chi connectivity index (χ0v) is 14.9. The van der Waals surface area contributed by atoms with Crippen molar-refractivity contribution in [1.82, 2.24) is 15.5 Å². The van der Waals surface area contributed by atoms with E-state index in [-0.39, 0.29) is 18.9 Å². The van der Waals surface area contributed by atoms with E-state index in [0.29, 0.717) is 11.4 Å². The standard InChI is InChI=1S/C19H24N4O3/c1-2-14-18(21-19(24)20-13-6-4-3-5-7-13)17(23-22-14)12-8-9-15-16(10-12)26-11-25-15/h8-10,13H,2-7,11H2,1H3,(H,22,23)(H2,20,21,24). The van der Waals surface area contributed by atoms with Gasteiger partial charge in [-0.05, 0) is 37.5 Å². The maximum absolute atomic E-state index is 12.5. The number of nitrogens with one attached hydrogen (secondary N) is 3. The third-order valence-corrected chi connectivity index (χ3v) is 5.02. The number of ether oxygens (including phenoxy) is 2. The molecule has 1 saturated carbocycles. The van der Waals surface area contributed by atoms with Crippen molar-refractivity contribution in [1.29, 1.82) is 0 Å². The fourth-order valence-corrected chi connectivity index (χ4v) is 3.60. The number of aryl methyl sites for hydroxylation is 1. The van der Waals surface area contributed by atoms with Crippen LogP contribution in [0.2, 0.25) is 0 Å². The van der Waals surface area contributed by atoms with Gasteiger partial charge in [-0.1, -0.05) is 26.2 Å². The Labute approximate surface area is 152 Å². The molecule has 0 bridgehead atoms. The molecule has 0 spiro atoms. The van der Waals surface area contributed by atoms with Gasteiger partial charge in [0.1, 0.15) is 5.69 Å². The van der Waals surface area contributed by atoms with Crippen molar-refractivity contribution in [3.05, 3.63) is 23.9 Å². The molecule has 0 radical (unpaired) electrons. The van der Waals surface area contributed by atoms with Crippen LogP contribution in [0.3, 0.4) is 0 Å². The van der Waals surface area contributed by atoms with Crippen LogP contribution in [0.1, 0.15) is 44.7 Å². The summed E-state index contributed by atoms with van der Waals surface area (Å²) in [6, 6.07) is 5.77. The molecule has 26 heavy (non-hydrogen) atoms. The number of rotatable bonds is 4. The van der Waals surface area contributed by atoms with E-state index in [0.717, 1.165) is 42.0 Å². The fourth-order valence-electron chi connectivity index (χ4n) is 3.60. The quantitative estimate of drug-likeness (QED) is 0.777. The molecule has 0 unspecified atom stereocenters. The van der Waals surface area contributed by atoms with E-state index in [4.69, 9.17) is 9.47 Å². The molecule has 138 valence electrons. The predicted molar refractivity (Wildman–Crippen MR) is 98.6 cm³/mol. The fraction of sp³-hybridized carbons (Fsp3) is 0.474. The van der Waals surface area contributed by atoms with Crippen LogP contribution >= 0.6 is 0 Å². The number of aromatic nitrogens is 2. The summed E-state index contributed by atoms with van der Waals surface area (Å²) in [5, 5.41) is 13.6. The van der Waals surface area contributed by atoms with Gasteiger partial charge in [-0.25, -0.2) is 4.79 Å². The van der Waals surface area contributed by atoms with Crippen LogP contribution in [-0.2, 0) is 6.42 Å². The first kappa shape index (κ1) is 16.8. The number of nitrogens with zero attached hydrogens (tertiary/aromatic N) is 1. The van der Waals surface area contributed by atoms with Crippen molar-refractivity contribution < 1.29 is 14.3 Å².